The second-order valence-corrected chi connectivity index (χ2v) is 6.40. The predicted molar refractivity (Wildman–Crippen MR) is 114 cm³/mol. The van der Waals surface area contributed by atoms with Crippen molar-refractivity contribution in [3.8, 4) is 0 Å². The van der Waals surface area contributed by atoms with Gasteiger partial charge in [0.25, 0.3) is 0 Å². The van der Waals surface area contributed by atoms with E-state index < -0.39 is 0 Å². The Morgan fingerprint density at radius 3 is 2.23 bits per heavy atom. The molecule has 1 aliphatic rings. The van der Waals surface area contributed by atoms with Gasteiger partial charge in [0.2, 0.25) is 0 Å². The van der Waals surface area contributed by atoms with E-state index >= 15 is 0 Å². The number of rotatable bonds is 6. The molecule has 0 unspecified atom stereocenters. The fourth-order valence-electron chi connectivity index (χ4n) is 3.23. The summed E-state index contributed by atoms with van der Waals surface area (Å²) in [6.07, 6.45) is 1.10. The molecular weight excluding hydrogens is 372 g/mol. The summed E-state index contributed by atoms with van der Waals surface area (Å²) in [4.78, 5) is 5.02. The molecule has 0 aromatic heterocycles. The van der Waals surface area contributed by atoms with E-state index in [0.717, 1.165) is 51.4 Å². The van der Waals surface area contributed by atoms with E-state index in [1.54, 1.807) is 12.1 Å². The molecule has 6 heteroatoms. The number of nitrogens with zero attached hydrogens (tertiary/aromatic N) is 2. The first kappa shape index (κ1) is 22.6. The van der Waals surface area contributed by atoms with Crippen LogP contribution in [0.15, 0.2) is 48.5 Å². The number of anilines is 2. The summed E-state index contributed by atoms with van der Waals surface area (Å²) in [5, 5.41) is 3.35. The SMILES string of the molecule is Cc1ccccc1N1CCN(CCCNc2ccc(F)cc2)CC1.Cl.Cl. The molecule has 0 saturated carbocycles. The van der Waals surface area contributed by atoms with Crippen LogP contribution in [0, 0.1) is 12.7 Å². The second kappa shape index (κ2) is 11.3. The third kappa shape index (κ3) is 6.35. The van der Waals surface area contributed by atoms with Crippen molar-refractivity contribution in [2.75, 3.05) is 49.5 Å². The van der Waals surface area contributed by atoms with E-state index in [9.17, 15) is 4.39 Å². The monoisotopic (exact) mass is 399 g/mol. The molecule has 1 N–H and O–H groups in total. The van der Waals surface area contributed by atoms with Crippen molar-refractivity contribution in [1.82, 2.24) is 4.90 Å². The summed E-state index contributed by atoms with van der Waals surface area (Å²) in [6, 6.07) is 15.2. The fraction of sp³-hybridized carbons (Fsp3) is 0.400. The minimum atomic E-state index is -0.188. The number of para-hydroxylation sites is 1. The summed E-state index contributed by atoms with van der Waals surface area (Å²) < 4.78 is 12.9. The van der Waals surface area contributed by atoms with E-state index in [1.807, 2.05) is 0 Å². The molecule has 0 spiro atoms. The van der Waals surface area contributed by atoms with Gasteiger partial charge in [-0.2, -0.15) is 0 Å². The third-order valence-electron chi connectivity index (χ3n) is 4.65. The van der Waals surface area contributed by atoms with Gasteiger partial charge in [-0.25, -0.2) is 4.39 Å². The molecule has 3 rings (SSSR count). The Bertz CT molecular complexity index is 644. The van der Waals surface area contributed by atoms with Crippen LogP contribution < -0.4 is 10.2 Å². The molecule has 0 radical (unpaired) electrons. The van der Waals surface area contributed by atoms with E-state index in [0.29, 0.717) is 0 Å². The topological polar surface area (TPSA) is 18.5 Å². The molecule has 0 aliphatic carbocycles. The Kier molecular flexibility index (Phi) is 9.78. The van der Waals surface area contributed by atoms with Crippen molar-refractivity contribution in [3.05, 3.63) is 59.9 Å². The van der Waals surface area contributed by atoms with Gasteiger partial charge in [-0.3, -0.25) is 4.90 Å². The zero-order valence-corrected chi connectivity index (χ0v) is 16.8. The van der Waals surface area contributed by atoms with Crippen LogP contribution in [0.5, 0.6) is 0 Å². The fourth-order valence-corrected chi connectivity index (χ4v) is 3.23. The lowest BCUT2D eigenvalue weighted by atomic mass is 10.1. The lowest BCUT2D eigenvalue weighted by Crippen LogP contribution is -2.47. The van der Waals surface area contributed by atoms with Gasteiger partial charge in [0.05, 0.1) is 0 Å². The quantitative estimate of drug-likeness (QED) is 0.715. The van der Waals surface area contributed by atoms with Crippen LogP contribution in [0.2, 0.25) is 0 Å². The Morgan fingerprint density at radius 2 is 1.58 bits per heavy atom. The van der Waals surface area contributed by atoms with Crippen LogP contribution in [0.3, 0.4) is 0 Å². The molecule has 2 aromatic rings. The van der Waals surface area contributed by atoms with Crippen molar-refractivity contribution >= 4 is 36.2 Å². The normalized spacial score (nSPS) is 14.3. The minimum Gasteiger partial charge on any atom is -0.385 e. The third-order valence-corrected chi connectivity index (χ3v) is 4.65. The summed E-state index contributed by atoms with van der Waals surface area (Å²) in [7, 11) is 0. The van der Waals surface area contributed by atoms with E-state index in [1.165, 1.54) is 23.4 Å². The van der Waals surface area contributed by atoms with Crippen LogP contribution >= 0.6 is 24.8 Å². The number of nitrogens with one attached hydrogen (secondary N) is 1. The van der Waals surface area contributed by atoms with Gasteiger partial charge in [0.15, 0.2) is 0 Å². The molecule has 1 fully saturated rings. The second-order valence-electron chi connectivity index (χ2n) is 6.40. The number of aryl methyl sites for hydroxylation is 1. The maximum atomic E-state index is 12.9. The first-order valence-electron chi connectivity index (χ1n) is 8.75. The highest BCUT2D eigenvalue weighted by molar-refractivity contribution is 5.85. The predicted octanol–water partition coefficient (Wildman–Crippen LogP) is 4.60. The lowest BCUT2D eigenvalue weighted by molar-refractivity contribution is 0.257. The molecule has 2 aromatic carbocycles. The molecule has 144 valence electrons. The van der Waals surface area contributed by atoms with Gasteiger partial charge in [-0.15, -0.1) is 24.8 Å². The average molecular weight is 400 g/mol. The van der Waals surface area contributed by atoms with Crippen molar-refractivity contribution in [2.45, 2.75) is 13.3 Å². The number of hydrogen-bond donors (Lipinski definition) is 1. The first-order chi connectivity index (χ1) is 11.7. The summed E-state index contributed by atoms with van der Waals surface area (Å²) in [6.45, 7) is 8.63. The van der Waals surface area contributed by atoms with Crippen molar-refractivity contribution in [3.63, 3.8) is 0 Å². The summed E-state index contributed by atoms with van der Waals surface area (Å²) >= 11 is 0. The number of benzene rings is 2. The highest BCUT2D eigenvalue weighted by Crippen LogP contribution is 2.20. The molecule has 3 nitrogen and oxygen atoms in total. The smallest absolute Gasteiger partial charge is 0.123 e. The van der Waals surface area contributed by atoms with Gasteiger partial charge in [0, 0.05) is 44.1 Å². The molecule has 0 bridgehead atoms. The van der Waals surface area contributed by atoms with Crippen LogP contribution in [0.1, 0.15) is 12.0 Å². The Morgan fingerprint density at radius 1 is 0.923 bits per heavy atom. The molecule has 0 amide bonds. The molecule has 26 heavy (non-hydrogen) atoms. The zero-order valence-electron chi connectivity index (χ0n) is 15.2. The number of halogens is 3. The first-order valence-corrected chi connectivity index (χ1v) is 8.75. The Labute approximate surface area is 168 Å². The van der Waals surface area contributed by atoms with Crippen molar-refractivity contribution in [2.24, 2.45) is 0 Å². The highest BCUT2D eigenvalue weighted by Gasteiger charge is 2.17. The van der Waals surface area contributed by atoms with Gasteiger partial charge in [0.1, 0.15) is 5.82 Å². The van der Waals surface area contributed by atoms with Crippen LogP contribution in [-0.4, -0.2) is 44.2 Å². The average Bonchev–Trinajstić information content (AvgIpc) is 2.61. The van der Waals surface area contributed by atoms with Crippen LogP contribution in [0.25, 0.3) is 0 Å². The van der Waals surface area contributed by atoms with E-state index in [4.69, 9.17) is 0 Å². The van der Waals surface area contributed by atoms with E-state index in [2.05, 4.69) is 46.3 Å². The summed E-state index contributed by atoms with van der Waals surface area (Å²) in [5.41, 5.74) is 3.71. The molecule has 0 atom stereocenters. The van der Waals surface area contributed by atoms with Gasteiger partial charge in [-0.1, -0.05) is 18.2 Å². The lowest BCUT2D eigenvalue weighted by Gasteiger charge is -2.36. The van der Waals surface area contributed by atoms with Crippen molar-refractivity contribution < 1.29 is 4.39 Å². The van der Waals surface area contributed by atoms with E-state index in [-0.39, 0.29) is 30.6 Å². The number of piperazine rings is 1. The maximum absolute atomic E-state index is 12.9. The van der Waals surface area contributed by atoms with Crippen molar-refractivity contribution in [1.29, 1.82) is 0 Å². The zero-order chi connectivity index (χ0) is 16.8. The van der Waals surface area contributed by atoms with Crippen LogP contribution in [-0.2, 0) is 0 Å². The van der Waals surface area contributed by atoms with Gasteiger partial charge >= 0.3 is 0 Å². The number of hydrogen-bond acceptors (Lipinski definition) is 3. The summed E-state index contributed by atoms with van der Waals surface area (Å²) in [5.74, 6) is -0.188. The highest BCUT2D eigenvalue weighted by atomic mass is 35.5. The molecule has 1 aliphatic heterocycles. The van der Waals surface area contributed by atoms with Crippen LogP contribution in [0.4, 0.5) is 15.8 Å². The standard InChI is InChI=1S/C20H26FN3.2ClH/c1-17-5-2-3-6-20(17)24-15-13-23(14-16-24)12-4-11-22-19-9-7-18(21)8-10-19;;/h2-3,5-10,22H,4,11-16H2,1H3;2*1H. The Balaban J connectivity index is 0.00000169. The maximum Gasteiger partial charge on any atom is 0.123 e. The van der Waals surface area contributed by atoms with Gasteiger partial charge in [-0.05, 0) is 55.8 Å². The Hall–Kier alpha value is -1.49. The minimum absolute atomic E-state index is 0. The van der Waals surface area contributed by atoms with Gasteiger partial charge < -0.3 is 10.2 Å². The molecule has 1 heterocycles. The molecule has 1 saturated heterocycles. The largest absolute Gasteiger partial charge is 0.385 e. The molecular formula is C20H28Cl2FN3.